The molecule has 1 aliphatic rings. The molecule has 0 bridgehead atoms. The maximum atomic E-state index is 12.4. The molecule has 2 atom stereocenters. The van der Waals surface area contributed by atoms with Crippen molar-refractivity contribution < 1.29 is 24.0 Å². The van der Waals surface area contributed by atoms with Gasteiger partial charge >= 0.3 is 0 Å². The highest BCUT2D eigenvalue weighted by atomic mass is 32.2. The average Bonchev–Trinajstić information content (AvgIpc) is 2.92. The van der Waals surface area contributed by atoms with Gasteiger partial charge in [-0.05, 0) is 25.5 Å². The molecule has 10 heteroatoms. The van der Waals surface area contributed by atoms with Crippen molar-refractivity contribution in [2.75, 3.05) is 32.9 Å². The number of nitrogens with two attached hydrogens (primary N) is 1. The van der Waals surface area contributed by atoms with Gasteiger partial charge < -0.3 is 16.0 Å². The van der Waals surface area contributed by atoms with E-state index in [4.69, 9.17) is 5.73 Å². The number of nitrogens with one attached hydrogen (secondary N) is 1. The van der Waals surface area contributed by atoms with Crippen LogP contribution in [0.1, 0.15) is 45.4 Å². The first-order valence-electron chi connectivity index (χ1n) is 9.83. The van der Waals surface area contributed by atoms with Crippen molar-refractivity contribution in [1.29, 1.82) is 0 Å². The van der Waals surface area contributed by atoms with Crippen molar-refractivity contribution in [3.8, 4) is 0 Å². The fourth-order valence-electron chi connectivity index (χ4n) is 2.97. The molecular weight excluding hydrogens is 396 g/mol. The Morgan fingerprint density at radius 2 is 1.97 bits per heavy atom. The molecule has 0 aromatic rings. The Labute approximate surface area is 176 Å². The lowest BCUT2D eigenvalue weighted by molar-refractivity contribution is -0.140. The smallest absolute Gasteiger partial charge is 0.243 e. The molecule has 1 unspecified atom stereocenters. The van der Waals surface area contributed by atoms with Crippen LogP contribution in [0.2, 0.25) is 0 Å². The number of carbonyl (C=O) groups excluding carboxylic acids is 5. The van der Waals surface area contributed by atoms with Crippen molar-refractivity contribution >= 4 is 41.2 Å². The van der Waals surface area contributed by atoms with Crippen LogP contribution in [-0.2, 0) is 24.0 Å². The Balaban J connectivity index is 2.34. The third-order valence-electron chi connectivity index (χ3n) is 4.78. The number of unbranched alkanes of at least 4 members (excludes halogenated alkanes) is 2. The van der Waals surface area contributed by atoms with Crippen molar-refractivity contribution in [3.05, 3.63) is 0 Å². The molecule has 0 spiro atoms. The molecule has 1 heterocycles. The molecule has 0 radical (unpaired) electrons. The Kier molecular flexibility index (Phi) is 10.9. The summed E-state index contributed by atoms with van der Waals surface area (Å²) in [4.78, 5) is 61.9. The summed E-state index contributed by atoms with van der Waals surface area (Å²) in [6, 6.07) is -0.829. The van der Waals surface area contributed by atoms with Gasteiger partial charge in [-0.1, -0.05) is 6.42 Å². The maximum absolute atomic E-state index is 12.4. The predicted octanol–water partition coefficient (Wildman–Crippen LogP) is -0.0817. The standard InChI is InChI=1S/C19H32N4O5S/c1-13(24)11-14(18(27)21-9-8-20)22(2)16(25)7-5-4-6-10-29-15-12-17(26)23(3)19(15)28/h14-15H,4-12,20H2,1-3H3,(H,21,27)/t14-,15?/m0/s1. The number of amides is 4. The SMILES string of the molecule is CC(=O)C[C@@H](C(=O)NCCN)N(C)C(=O)CCCCCSC1CC(=O)N(C)C1=O. The van der Waals surface area contributed by atoms with Crippen LogP contribution in [0, 0.1) is 0 Å². The molecule has 164 valence electrons. The maximum Gasteiger partial charge on any atom is 0.243 e. The number of imide groups is 1. The number of likely N-dealkylation sites (tertiary alicyclic amines) is 1. The fraction of sp³-hybridized carbons (Fsp3) is 0.737. The van der Waals surface area contributed by atoms with E-state index in [1.165, 1.54) is 42.6 Å². The minimum absolute atomic E-state index is 0.0299. The minimum Gasteiger partial charge on any atom is -0.353 e. The highest BCUT2D eigenvalue weighted by Gasteiger charge is 2.35. The summed E-state index contributed by atoms with van der Waals surface area (Å²) in [7, 11) is 3.04. The van der Waals surface area contributed by atoms with Crippen LogP contribution in [0.5, 0.6) is 0 Å². The van der Waals surface area contributed by atoms with Crippen LogP contribution in [-0.4, -0.2) is 83.4 Å². The molecule has 0 aromatic carbocycles. The molecule has 29 heavy (non-hydrogen) atoms. The van der Waals surface area contributed by atoms with Gasteiger partial charge in [0.05, 0.1) is 5.25 Å². The predicted molar refractivity (Wildman–Crippen MR) is 111 cm³/mol. The summed E-state index contributed by atoms with van der Waals surface area (Å²) in [5.74, 6) is -0.266. The largest absolute Gasteiger partial charge is 0.353 e. The molecule has 0 aliphatic carbocycles. The normalized spacial score (nSPS) is 17.4. The lowest BCUT2D eigenvalue weighted by Gasteiger charge is -2.26. The average molecular weight is 429 g/mol. The van der Waals surface area contributed by atoms with E-state index >= 15 is 0 Å². The first-order chi connectivity index (χ1) is 13.7. The molecule has 1 aliphatic heterocycles. The highest BCUT2D eigenvalue weighted by molar-refractivity contribution is 8.00. The van der Waals surface area contributed by atoms with Gasteiger partial charge in [0.2, 0.25) is 23.6 Å². The van der Waals surface area contributed by atoms with Gasteiger partial charge in [-0.15, -0.1) is 11.8 Å². The summed E-state index contributed by atoms with van der Waals surface area (Å²) < 4.78 is 0. The van der Waals surface area contributed by atoms with Gasteiger partial charge in [0.15, 0.2) is 0 Å². The third kappa shape index (κ3) is 8.14. The third-order valence-corrected chi connectivity index (χ3v) is 6.08. The van der Waals surface area contributed by atoms with E-state index < -0.39 is 6.04 Å². The second kappa shape index (κ2) is 12.6. The van der Waals surface area contributed by atoms with Crippen LogP contribution < -0.4 is 11.1 Å². The lowest BCUT2D eigenvalue weighted by Crippen LogP contribution is -2.49. The van der Waals surface area contributed by atoms with Gasteiger partial charge in [0, 0.05) is 46.4 Å². The van der Waals surface area contributed by atoms with Gasteiger partial charge in [0.25, 0.3) is 0 Å². The Morgan fingerprint density at radius 1 is 1.28 bits per heavy atom. The van der Waals surface area contributed by atoms with E-state index in [1.807, 2.05) is 0 Å². The van der Waals surface area contributed by atoms with Gasteiger partial charge in [-0.2, -0.15) is 0 Å². The monoisotopic (exact) mass is 428 g/mol. The molecule has 1 rings (SSSR count). The van der Waals surface area contributed by atoms with E-state index in [-0.39, 0.29) is 67.0 Å². The van der Waals surface area contributed by atoms with Crippen LogP contribution in [0.25, 0.3) is 0 Å². The zero-order valence-corrected chi connectivity index (χ0v) is 18.3. The number of hydrogen-bond acceptors (Lipinski definition) is 7. The molecule has 4 amide bonds. The lowest BCUT2D eigenvalue weighted by atomic mass is 10.1. The molecule has 3 N–H and O–H groups in total. The molecule has 1 saturated heterocycles. The summed E-state index contributed by atoms with van der Waals surface area (Å²) in [6.45, 7) is 1.96. The van der Waals surface area contributed by atoms with Gasteiger partial charge in [0.1, 0.15) is 11.8 Å². The van der Waals surface area contributed by atoms with Crippen LogP contribution >= 0.6 is 11.8 Å². The van der Waals surface area contributed by atoms with Crippen LogP contribution in [0.15, 0.2) is 0 Å². The van der Waals surface area contributed by atoms with Crippen LogP contribution in [0.3, 0.4) is 0 Å². The van der Waals surface area contributed by atoms with E-state index in [9.17, 15) is 24.0 Å². The summed E-state index contributed by atoms with van der Waals surface area (Å²) >= 11 is 1.48. The molecule has 0 aromatic heterocycles. The Hall–Kier alpha value is -1.94. The number of Topliss-reactive ketones (excluding diaryl/α,β-unsaturated/α-hetero) is 1. The molecule has 1 fully saturated rings. The van der Waals surface area contributed by atoms with Crippen LogP contribution in [0.4, 0.5) is 0 Å². The van der Waals surface area contributed by atoms with E-state index in [2.05, 4.69) is 5.32 Å². The number of nitrogens with zero attached hydrogens (tertiary/aromatic N) is 2. The number of ketones is 1. The van der Waals surface area contributed by atoms with Crippen molar-refractivity contribution in [3.63, 3.8) is 0 Å². The van der Waals surface area contributed by atoms with E-state index in [0.29, 0.717) is 6.42 Å². The zero-order chi connectivity index (χ0) is 22.0. The zero-order valence-electron chi connectivity index (χ0n) is 17.4. The molecule has 9 nitrogen and oxygen atoms in total. The number of hydrogen-bond donors (Lipinski definition) is 2. The Bertz CT molecular complexity index is 628. The highest BCUT2D eigenvalue weighted by Crippen LogP contribution is 2.25. The summed E-state index contributed by atoms with van der Waals surface area (Å²) in [5.41, 5.74) is 5.38. The fourth-order valence-corrected chi connectivity index (χ4v) is 4.19. The summed E-state index contributed by atoms with van der Waals surface area (Å²) in [6.07, 6.45) is 2.79. The molecule has 0 saturated carbocycles. The number of thioether (sulfide) groups is 1. The van der Waals surface area contributed by atoms with E-state index in [0.717, 1.165) is 18.6 Å². The second-order valence-corrected chi connectivity index (χ2v) is 8.48. The number of rotatable bonds is 13. The summed E-state index contributed by atoms with van der Waals surface area (Å²) in [5, 5.41) is 2.33. The van der Waals surface area contributed by atoms with Crippen molar-refractivity contribution in [2.24, 2.45) is 5.73 Å². The van der Waals surface area contributed by atoms with Gasteiger partial charge in [-0.3, -0.25) is 28.9 Å². The van der Waals surface area contributed by atoms with Crippen molar-refractivity contribution in [2.45, 2.75) is 56.7 Å². The quantitative estimate of drug-likeness (QED) is 0.310. The van der Waals surface area contributed by atoms with E-state index in [1.54, 1.807) is 0 Å². The van der Waals surface area contributed by atoms with Gasteiger partial charge in [-0.25, -0.2) is 0 Å². The van der Waals surface area contributed by atoms with Crippen molar-refractivity contribution in [1.82, 2.24) is 15.1 Å². The number of carbonyl (C=O) groups is 5. The topological polar surface area (TPSA) is 130 Å². The Morgan fingerprint density at radius 3 is 2.52 bits per heavy atom. The second-order valence-electron chi connectivity index (χ2n) is 7.17. The number of likely N-dealkylation sites (N-methyl/N-ethyl adjacent to an activating group) is 1. The first-order valence-corrected chi connectivity index (χ1v) is 10.9. The minimum atomic E-state index is -0.829. The molecular formula is C19H32N4O5S. The first kappa shape index (κ1) is 25.1.